The summed E-state index contributed by atoms with van der Waals surface area (Å²) in [7, 11) is 1.49. The zero-order valence-corrected chi connectivity index (χ0v) is 9.85. The highest BCUT2D eigenvalue weighted by atomic mass is 79.9. The summed E-state index contributed by atoms with van der Waals surface area (Å²) in [6, 6.07) is 1.33. The SMILES string of the molecule is COc1c(Br)cc(F)c(C)c1C(C)O. The van der Waals surface area contributed by atoms with Gasteiger partial charge in [-0.15, -0.1) is 0 Å². The molecule has 0 bridgehead atoms. The zero-order valence-electron chi connectivity index (χ0n) is 8.27. The van der Waals surface area contributed by atoms with Crippen molar-refractivity contribution in [3.05, 3.63) is 27.5 Å². The van der Waals surface area contributed by atoms with E-state index in [0.29, 0.717) is 21.3 Å². The van der Waals surface area contributed by atoms with Crippen LogP contribution in [0.1, 0.15) is 24.2 Å². The highest BCUT2D eigenvalue weighted by Crippen LogP contribution is 2.36. The lowest BCUT2D eigenvalue weighted by atomic mass is 10.0. The molecule has 4 heteroatoms. The van der Waals surface area contributed by atoms with Gasteiger partial charge in [-0.2, -0.15) is 0 Å². The van der Waals surface area contributed by atoms with E-state index < -0.39 is 6.10 Å². The maximum Gasteiger partial charge on any atom is 0.139 e. The van der Waals surface area contributed by atoms with E-state index in [-0.39, 0.29) is 5.82 Å². The van der Waals surface area contributed by atoms with Gasteiger partial charge in [0.2, 0.25) is 0 Å². The Kier molecular flexibility index (Phi) is 3.50. The van der Waals surface area contributed by atoms with Crippen molar-refractivity contribution >= 4 is 15.9 Å². The van der Waals surface area contributed by atoms with Crippen LogP contribution in [0.4, 0.5) is 4.39 Å². The molecule has 1 N–H and O–H groups in total. The Morgan fingerprint density at radius 2 is 2.14 bits per heavy atom. The fourth-order valence-corrected chi connectivity index (χ4v) is 2.00. The van der Waals surface area contributed by atoms with Crippen LogP contribution < -0.4 is 4.74 Å². The van der Waals surface area contributed by atoms with Gasteiger partial charge >= 0.3 is 0 Å². The van der Waals surface area contributed by atoms with Gasteiger partial charge in [-0.3, -0.25) is 0 Å². The van der Waals surface area contributed by atoms with E-state index in [4.69, 9.17) is 4.74 Å². The van der Waals surface area contributed by atoms with Gasteiger partial charge in [0.15, 0.2) is 0 Å². The second-order valence-electron chi connectivity index (χ2n) is 3.09. The van der Waals surface area contributed by atoms with Crippen molar-refractivity contribution in [1.29, 1.82) is 0 Å². The summed E-state index contributed by atoms with van der Waals surface area (Å²) < 4.78 is 18.9. The molecule has 1 aromatic rings. The molecule has 0 heterocycles. The second kappa shape index (κ2) is 4.28. The number of rotatable bonds is 2. The van der Waals surface area contributed by atoms with Crippen LogP contribution in [-0.2, 0) is 0 Å². The molecular formula is C10H12BrFO2. The van der Waals surface area contributed by atoms with Gasteiger partial charge in [0.1, 0.15) is 11.6 Å². The van der Waals surface area contributed by atoms with Crippen molar-refractivity contribution in [1.82, 2.24) is 0 Å². The Balaban J connectivity index is 3.48. The molecule has 0 radical (unpaired) electrons. The first-order valence-corrected chi connectivity index (χ1v) is 4.98. The minimum atomic E-state index is -0.753. The van der Waals surface area contributed by atoms with Crippen molar-refractivity contribution in [2.45, 2.75) is 20.0 Å². The molecule has 0 saturated carbocycles. The average Bonchev–Trinajstić information content (AvgIpc) is 2.10. The van der Waals surface area contributed by atoms with Crippen molar-refractivity contribution in [2.24, 2.45) is 0 Å². The second-order valence-corrected chi connectivity index (χ2v) is 3.94. The fraction of sp³-hybridized carbons (Fsp3) is 0.400. The summed E-state index contributed by atoms with van der Waals surface area (Å²) in [5, 5.41) is 9.50. The number of halogens is 2. The smallest absolute Gasteiger partial charge is 0.139 e. The summed E-state index contributed by atoms with van der Waals surface area (Å²) in [6.45, 7) is 3.20. The third-order valence-corrected chi connectivity index (χ3v) is 2.69. The molecular weight excluding hydrogens is 251 g/mol. The lowest BCUT2D eigenvalue weighted by molar-refractivity contribution is 0.192. The third kappa shape index (κ3) is 1.91. The molecule has 0 amide bonds. The Labute approximate surface area is 90.8 Å². The first-order valence-electron chi connectivity index (χ1n) is 4.19. The molecule has 0 fully saturated rings. The number of benzene rings is 1. The topological polar surface area (TPSA) is 29.5 Å². The largest absolute Gasteiger partial charge is 0.495 e. The zero-order chi connectivity index (χ0) is 10.9. The standard InChI is InChI=1S/C10H12BrFO2/c1-5-8(12)4-7(11)10(14-3)9(5)6(2)13/h4,6,13H,1-3H3. The third-order valence-electron chi connectivity index (χ3n) is 2.10. The number of hydrogen-bond acceptors (Lipinski definition) is 2. The van der Waals surface area contributed by atoms with E-state index in [1.807, 2.05) is 0 Å². The first-order chi connectivity index (χ1) is 6.49. The van der Waals surface area contributed by atoms with Gasteiger partial charge in [0, 0.05) is 5.56 Å². The van der Waals surface area contributed by atoms with E-state index in [9.17, 15) is 9.50 Å². The van der Waals surface area contributed by atoms with Crippen LogP contribution in [0, 0.1) is 12.7 Å². The molecule has 0 aliphatic heterocycles. The Morgan fingerprint density at radius 3 is 2.57 bits per heavy atom. The molecule has 0 aromatic heterocycles. The van der Waals surface area contributed by atoms with Crippen LogP contribution in [-0.4, -0.2) is 12.2 Å². The highest BCUT2D eigenvalue weighted by Gasteiger charge is 2.18. The normalized spacial score (nSPS) is 12.7. The van der Waals surface area contributed by atoms with Crippen LogP contribution >= 0.6 is 15.9 Å². The molecule has 0 spiro atoms. The average molecular weight is 263 g/mol. The summed E-state index contributed by atoms with van der Waals surface area (Å²) in [5.41, 5.74) is 0.902. The predicted octanol–water partition coefficient (Wildman–Crippen LogP) is 2.96. The molecule has 1 rings (SSSR count). The van der Waals surface area contributed by atoms with Gasteiger partial charge in [-0.25, -0.2) is 4.39 Å². The highest BCUT2D eigenvalue weighted by molar-refractivity contribution is 9.10. The van der Waals surface area contributed by atoms with Gasteiger partial charge < -0.3 is 9.84 Å². The van der Waals surface area contributed by atoms with Crippen molar-refractivity contribution < 1.29 is 14.2 Å². The Bertz CT molecular complexity index is 350. The molecule has 1 aromatic carbocycles. The van der Waals surface area contributed by atoms with E-state index in [1.54, 1.807) is 13.8 Å². The summed E-state index contributed by atoms with van der Waals surface area (Å²) in [5.74, 6) is 0.132. The molecule has 2 nitrogen and oxygen atoms in total. The van der Waals surface area contributed by atoms with Crippen LogP contribution in [0.15, 0.2) is 10.5 Å². The maximum absolute atomic E-state index is 13.3. The van der Waals surface area contributed by atoms with Crippen molar-refractivity contribution in [3.63, 3.8) is 0 Å². The van der Waals surface area contributed by atoms with E-state index in [1.165, 1.54) is 13.2 Å². The number of ether oxygens (including phenoxy) is 1. The lowest BCUT2D eigenvalue weighted by Crippen LogP contribution is -2.02. The molecule has 14 heavy (non-hydrogen) atoms. The van der Waals surface area contributed by atoms with Gasteiger partial charge in [-0.1, -0.05) is 0 Å². The molecule has 0 aliphatic rings. The van der Waals surface area contributed by atoms with Crippen LogP contribution in [0.25, 0.3) is 0 Å². The minimum absolute atomic E-state index is 0.353. The Hall–Kier alpha value is -0.610. The van der Waals surface area contributed by atoms with Crippen LogP contribution in [0.5, 0.6) is 5.75 Å². The molecule has 0 aliphatic carbocycles. The Morgan fingerprint density at radius 1 is 1.57 bits per heavy atom. The number of aliphatic hydroxyl groups is 1. The molecule has 1 atom stereocenters. The van der Waals surface area contributed by atoms with Gasteiger partial charge in [0.25, 0.3) is 0 Å². The molecule has 1 unspecified atom stereocenters. The number of hydrogen-bond donors (Lipinski definition) is 1. The summed E-state index contributed by atoms with van der Waals surface area (Å²) >= 11 is 3.18. The maximum atomic E-state index is 13.3. The fourth-order valence-electron chi connectivity index (χ4n) is 1.42. The summed E-state index contributed by atoms with van der Waals surface area (Å²) in [6.07, 6.45) is -0.753. The van der Waals surface area contributed by atoms with Crippen LogP contribution in [0.3, 0.4) is 0 Å². The van der Waals surface area contributed by atoms with Gasteiger partial charge in [-0.05, 0) is 41.4 Å². The molecule has 0 saturated heterocycles. The van der Waals surface area contributed by atoms with Gasteiger partial charge in [0.05, 0.1) is 17.7 Å². The van der Waals surface area contributed by atoms with E-state index in [2.05, 4.69) is 15.9 Å². The minimum Gasteiger partial charge on any atom is -0.495 e. The van der Waals surface area contributed by atoms with Crippen LogP contribution in [0.2, 0.25) is 0 Å². The van der Waals surface area contributed by atoms with E-state index >= 15 is 0 Å². The molecule has 78 valence electrons. The quantitative estimate of drug-likeness (QED) is 0.888. The van der Waals surface area contributed by atoms with Crippen molar-refractivity contribution in [2.75, 3.05) is 7.11 Å². The summed E-state index contributed by atoms with van der Waals surface area (Å²) in [4.78, 5) is 0. The predicted molar refractivity (Wildman–Crippen MR) is 56.0 cm³/mol. The lowest BCUT2D eigenvalue weighted by Gasteiger charge is -2.16. The number of methoxy groups -OCH3 is 1. The monoisotopic (exact) mass is 262 g/mol. The van der Waals surface area contributed by atoms with E-state index in [0.717, 1.165) is 0 Å². The first kappa shape index (κ1) is 11.5. The van der Waals surface area contributed by atoms with Crippen molar-refractivity contribution in [3.8, 4) is 5.75 Å². The number of aliphatic hydroxyl groups excluding tert-OH is 1.